The lowest BCUT2D eigenvalue weighted by molar-refractivity contribution is 0.275. The van der Waals surface area contributed by atoms with Crippen molar-refractivity contribution < 1.29 is 4.52 Å². The Labute approximate surface area is 105 Å². The summed E-state index contributed by atoms with van der Waals surface area (Å²) >= 11 is 0. The van der Waals surface area contributed by atoms with Crippen molar-refractivity contribution in [3.63, 3.8) is 0 Å². The van der Waals surface area contributed by atoms with Crippen molar-refractivity contribution in [2.75, 3.05) is 0 Å². The Hall–Kier alpha value is -1.75. The molecule has 3 rings (SSSR count). The maximum atomic E-state index is 6.37. The van der Waals surface area contributed by atoms with Crippen LogP contribution in [0.5, 0.6) is 0 Å². The van der Waals surface area contributed by atoms with Crippen LogP contribution in [0.25, 0.3) is 11.5 Å². The standard InChI is InChI=1S/C13H16N4O/c14-13(6-2-1-3-7-13)12-16-11(18-17-12)10-4-8-15-9-5-10/h4-5,8-9H,1-3,6-7,14H2. The lowest BCUT2D eigenvalue weighted by Crippen LogP contribution is -2.39. The maximum absolute atomic E-state index is 6.37. The molecule has 1 aliphatic carbocycles. The number of nitrogens with zero attached hydrogens (tertiary/aromatic N) is 3. The highest BCUT2D eigenvalue weighted by Gasteiger charge is 2.34. The van der Waals surface area contributed by atoms with E-state index in [1.807, 2.05) is 12.1 Å². The van der Waals surface area contributed by atoms with Crippen molar-refractivity contribution in [3.05, 3.63) is 30.4 Å². The molecular weight excluding hydrogens is 228 g/mol. The normalized spacial score (nSPS) is 18.7. The summed E-state index contributed by atoms with van der Waals surface area (Å²) < 4.78 is 5.30. The minimum Gasteiger partial charge on any atom is -0.334 e. The van der Waals surface area contributed by atoms with Crippen LogP contribution in [0.2, 0.25) is 0 Å². The molecule has 0 spiro atoms. The average molecular weight is 244 g/mol. The summed E-state index contributed by atoms with van der Waals surface area (Å²) in [6.07, 6.45) is 8.79. The van der Waals surface area contributed by atoms with Crippen LogP contribution in [-0.4, -0.2) is 15.1 Å². The van der Waals surface area contributed by atoms with Gasteiger partial charge < -0.3 is 10.3 Å². The summed E-state index contributed by atoms with van der Waals surface area (Å²) in [5.74, 6) is 1.15. The van der Waals surface area contributed by atoms with Gasteiger partial charge in [-0.05, 0) is 25.0 Å². The SMILES string of the molecule is NC1(c2noc(-c3ccncc3)n2)CCCCC1. The quantitative estimate of drug-likeness (QED) is 0.876. The first-order chi connectivity index (χ1) is 8.78. The molecule has 0 radical (unpaired) electrons. The molecule has 0 bridgehead atoms. The van der Waals surface area contributed by atoms with Gasteiger partial charge in [-0.25, -0.2) is 0 Å². The van der Waals surface area contributed by atoms with E-state index >= 15 is 0 Å². The van der Waals surface area contributed by atoms with Gasteiger partial charge in [-0.1, -0.05) is 24.4 Å². The Morgan fingerprint density at radius 3 is 2.56 bits per heavy atom. The highest BCUT2D eigenvalue weighted by Crippen LogP contribution is 2.33. The number of rotatable bonds is 2. The van der Waals surface area contributed by atoms with E-state index < -0.39 is 5.54 Å². The summed E-state index contributed by atoms with van der Waals surface area (Å²) in [7, 11) is 0. The Morgan fingerprint density at radius 1 is 1.11 bits per heavy atom. The molecule has 2 aromatic heterocycles. The van der Waals surface area contributed by atoms with Crippen molar-refractivity contribution in [2.24, 2.45) is 5.73 Å². The van der Waals surface area contributed by atoms with Gasteiger partial charge in [0.2, 0.25) is 0 Å². The van der Waals surface area contributed by atoms with Gasteiger partial charge in [0.05, 0.1) is 5.54 Å². The first-order valence-electron chi connectivity index (χ1n) is 6.31. The molecule has 0 atom stereocenters. The van der Waals surface area contributed by atoms with Crippen LogP contribution in [0, 0.1) is 0 Å². The fraction of sp³-hybridized carbons (Fsp3) is 0.462. The molecule has 2 N–H and O–H groups in total. The highest BCUT2D eigenvalue weighted by atomic mass is 16.5. The number of aromatic nitrogens is 3. The van der Waals surface area contributed by atoms with Gasteiger partial charge in [0.15, 0.2) is 5.82 Å². The zero-order valence-corrected chi connectivity index (χ0v) is 10.2. The molecule has 1 saturated carbocycles. The molecule has 2 heterocycles. The Bertz CT molecular complexity index is 517. The molecule has 0 unspecified atom stereocenters. The number of pyridine rings is 1. The molecule has 2 aromatic rings. The smallest absolute Gasteiger partial charge is 0.258 e. The number of nitrogens with two attached hydrogens (primary N) is 1. The van der Waals surface area contributed by atoms with Gasteiger partial charge in [0.1, 0.15) is 0 Å². The molecule has 1 fully saturated rings. The van der Waals surface area contributed by atoms with Crippen molar-refractivity contribution in [1.29, 1.82) is 0 Å². The van der Waals surface area contributed by atoms with Crippen molar-refractivity contribution in [2.45, 2.75) is 37.6 Å². The Balaban J connectivity index is 1.89. The van der Waals surface area contributed by atoms with E-state index in [1.165, 1.54) is 6.42 Å². The predicted molar refractivity (Wildman–Crippen MR) is 66.5 cm³/mol. The molecule has 0 aromatic carbocycles. The second-order valence-electron chi connectivity index (χ2n) is 4.88. The lowest BCUT2D eigenvalue weighted by Gasteiger charge is -2.29. The molecule has 0 aliphatic heterocycles. The van der Waals surface area contributed by atoms with E-state index in [9.17, 15) is 0 Å². The van der Waals surface area contributed by atoms with Gasteiger partial charge in [-0.3, -0.25) is 4.98 Å². The van der Waals surface area contributed by atoms with Crippen molar-refractivity contribution >= 4 is 0 Å². The monoisotopic (exact) mass is 244 g/mol. The summed E-state index contributed by atoms with van der Waals surface area (Å²) in [4.78, 5) is 8.41. The van der Waals surface area contributed by atoms with Gasteiger partial charge in [-0.2, -0.15) is 4.98 Å². The second-order valence-corrected chi connectivity index (χ2v) is 4.88. The predicted octanol–water partition coefficient (Wildman–Crippen LogP) is 2.25. The number of hydrogen-bond donors (Lipinski definition) is 1. The van der Waals surface area contributed by atoms with E-state index in [2.05, 4.69) is 15.1 Å². The van der Waals surface area contributed by atoms with Gasteiger partial charge in [0.25, 0.3) is 5.89 Å². The third-order valence-corrected chi connectivity index (χ3v) is 3.54. The second kappa shape index (κ2) is 4.49. The van der Waals surface area contributed by atoms with E-state index in [1.54, 1.807) is 12.4 Å². The van der Waals surface area contributed by atoms with Crippen LogP contribution in [0.4, 0.5) is 0 Å². The lowest BCUT2D eigenvalue weighted by atomic mass is 9.82. The maximum Gasteiger partial charge on any atom is 0.258 e. The summed E-state index contributed by atoms with van der Waals surface area (Å²) in [6, 6.07) is 3.70. The summed E-state index contributed by atoms with van der Waals surface area (Å²) in [6.45, 7) is 0. The zero-order chi connectivity index (χ0) is 12.4. The van der Waals surface area contributed by atoms with Crippen LogP contribution in [0.15, 0.2) is 29.0 Å². The molecule has 94 valence electrons. The van der Waals surface area contributed by atoms with Crippen LogP contribution in [0.3, 0.4) is 0 Å². The van der Waals surface area contributed by atoms with E-state index in [4.69, 9.17) is 10.3 Å². The Morgan fingerprint density at radius 2 is 1.83 bits per heavy atom. The first kappa shape index (κ1) is 11.3. The summed E-state index contributed by atoms with van der Waals surface area (Å²) in [5, 5.41) is 4.06. The van der Waals surface area contributed by atoms with Crippen molar-refractivity contribution in [1.82, 2.24) is 15.1 Å². The molecule has 18 heavy (non-hydrogen) atoms. The van der Waals surface area contributed by atoms with Gasteiger partial charge in [-0.15, -0.1) is 0 Å². The van der Waals surface area contributed by atoms with Crippen LogP contribution in [-0.2, 0) is 5.54 Å². The Kier molecular flexibility index (Phi) is 2.83. The molecule has 0 saturated heterocycles. The largest absolute Gasteiger partial charge is 0.334 e. The van der Waals surface area contributed by atoms with Crippen LogP contribution >= 0.6 is 0 Å². The topological polar surface area (TPSA) is 77.8 Å². The third-order valence-electron chi connectivity index (χ3n) is 3.54. The zero-order valence-electron chi connectivity index (χ0n) is 10.2. The molecular formula is C13H16N4O. The van der Waals surface area contributed by atoms with Gasteiger partial charge in [0, 0.05) is 18.0 Å². The van der Waals surface area contributed by atoms with E-state index in [-0.39, 0.29) is 0 Å². The van der Waals surface area contributed by atoms with Gasteiger partial charge >= 0.3 is 0 Å². The van der Waals surface area contributed by atoms with Crippen LogP contribution < -0.4 is 5.73 Å². The van der Waals surface area contributed by atoms with Crippen molar-refractivity contribution in [3.8, 4) is 11.5 Å². The third kappa shape index (κ3) is 2.01. The van der Waals surface area contributed by atoms with Crippen LogP contribution in [0.1, 0.15) is 37.9 Å². The van der Waals surface area contributed by atoms with E-state index in [0.717, 1.165) is 31.2 Å². The molecule has 5 heteroatoms. The minimum absolute atomic E-state index is 0.410. The molecule has 1 aliphatic rings. The fourth-order valence-electron chi connectivity index (χ4n) is 2.44. The number of hydrogen-bond acceptors (Lipinski definition) is 5. The fourth-order valence-corrected chi connectivity index (χ4v) is 2.44. The van der Waals surface area contributed by atoms with E-state index in [0.29, 0.717) is 11.7 Å². The summed E-state index contributed by atoms with van der Waals surface area (Å²) in [5.41, 5.74) is 6.84. The minimum atomic E-state index is -0.410. The highest BCUT2D eigenvalue weighted by molar-refractivity contribution is 5.51. The average Bonchev–Trinajstić information content (AvgIpc) is 2.91. The molecule has 0 amide bonds. The first-order valence-corrected chi connectivity index (χ1v) is 6.31. The molecule has 5 nitrogen and oxygen atoms in total.